The molecule has 4 N–H and O–H groups in total. The molecule has 0 amide bonds. The molecule has 2 heterocycles. The molecule has 0 saturated heterocycles. The van der Waals surface area contributed by atoms with Gasteiger partial charge in [-0.2, -0.15) is 0 Å². The van der Waals surface area contributed by atoms with Crippen LogP contribution in [-0.2, 0) is 4.79 Å². The van der Waals surface area contributed by atoms with E-state index in [1.54, 1.807) is 24.3 Å². The summed E-state index contributed by atoms with van der Waals surface area (Å²) < 4.78 is 11.2. The number of rotatable bonds is 2. The van der Waals surface area contributed by atoms with Gasteiger partial charge >= 0.3 is 5.97 Å². The van der Waals surface area contributed by atoms with E-state index in [1.165, 1.54) is 12.1 Å². The Bertz CT molecular complexity index is 1520. The molecular formula is C24H15ClO8. The van der Waals surface area contributed by atoms with Crippen LogP contribution in [-0.4, -0.2) is 26.4 Å². The second-order valence-corrected chi connectivity index (χ2v) is 8.05. The van der Waals surface area contributed by atoms with E-state index in [9.17, 15) is 30.0 Å². The first-order chi connectivity index (χ1) is 15.7. The number of halogens is 1. The topological polar surface area (TPSA) is 137 Å². The van der Waals surface area contributed by atoms with Gasteiger partial charge in [-0.1, -0.05) is 23.7 Å². The lowest BCUT2D eigenvalue weighted by molar-refractivity contribution is -0.135. The zero-order chi connectivity index (χ0) is 23.4. The molecule has 1 aliphatic heterocycles. The fourth-order valence-electron chi connectivity index (χ4n) is 4.05. The maximum atomic E-state index is 13.0. The van der Waals surface area contributed by atoms with Crippen LogP contribution in [0, 0.1) is 0 Å². The van der Waals surface area contributed by atoms with Crippen molar-refractivity contribution in [2.75, 3.05) is 0 Å². The minimum Gasteiger partial charge on any atom is -0.507 e. The Morgan fingerprint density at radius 1 is 0.909 bits per heavy atom. The zero-order valence-corrected chi connectivity index (χ0v) is 17.5. The molecule has 0 fully saturated rings. The van der Waals surface area contributed by atoms with Gasteiger partial charge in [-0.25, -0.2) is 0 Å². The normalized spacial score (nSPS) is 15.3. The average Bonchev–Trinajstić information content (AvgIpc) is 2.77. The second kappa shape index (κ2) is 7.46. The van der Waals surface area contributed by atoms with Gasteiger partial charge in [0.1, 0.15) is 22.5 Å². The summed E-state index contributed by atoms with van der Waals surface area (Å²) in [5.74, 6) is -3.66. The monoisotopic (exact) mass is 466 g/mol. The molecule has 1 atom stereocenters. The molecule has 0 saturated carbocycles. The Hall–Kier alpha value is -4.17. The van der Waals surface area contributed by atoms with E-state index >= 15 is 0 Å². The molecule has 33 heavy (non-hydrogen) atoms. The lowest BCUT2D eigenvalue weighted by atomic mass is 9.85. The predicted molar refractivity (Wildman–Crippen MR) is 118 cm³/mol. The predicted octanol–water partition coefficient (Wildman–Crippen LogP) is 4.38. The number of phenolic OH excluding ortho intramolecular Hbond substituents is 3. The van der Waals surface area contributed by atoms with Gasteiger partial charge in [0.05, 0.1) is 6.42 Å². The van der Waals surface area contributed by atoms with Crippen molar-refractivity contribution >= 4 is 28.5 Å². The molecular weight excluding hydrogens is 452 g/mol. The zero-order valence-electron chi connectivity index (χ0n) is 16.7. The van der Waals surface area contributed by atoms with Crippen molar-refractivity contribution in [2.45, 2.75) is 12.3 Å². The van der Waals surface area contributed by atoms with Gasteiger partial charge in [0.2, 0.25) is 11.2 Å². The fourth-order valence-corrected chi connectivity index (χ4v) is 4.25. The van der Waals surface area contributed by atoms with Crippen molar-refractivity contribution in [3.63, 3.8) is 0 Å². The molecule has 5 rings (SSSR count). The molecule has 1 unspecified atom stereocenters. The number of esters is 1. The number of carbonyl (C=O) groups is 1. The van der Waals surface area contributed by atoms with Gasteiger partial charge in [-0.3, -0.25) is 9.59 Å². The van der Waals surface area contributed by atoms with E-state index in [1.807, 2.05) is 0 Å². The number of aromatic hydroxyl groups is 4. The summed E-state index contributed by atoms with van der Waals surface area (Å²) in [6, 6.07) is 11.6. The van der Waals surface area contributed by atoms with Crippen LogP contribution < -0.4 is 10.2 Å². The van der Waals surface area contributed by atoms with Gasteiger partial charge in [0.25, 0.3) is 0 Å². The maximum Gasteiger partial charge on any atom is 0.312 e. The third-order valence-electron chi connectivity index (χ3n) is 5.55. The van der Waals surface area contributed by atoms with Crippen LogP contribution in [0.2, 0.25) is 5.02 Å². The van der Waals surface area contributed by atoms with Gasteiger partial charge in [0.15, 0.2) is 17.3 Å². The van der Waals surface area contributed by atoms with E-state index in [2.05, 4.69) is 0 Å². The van der Waals surface area contributed by atoms with Crippen molar-refractivity contribution in [1.29, 1.82) is 0 Å². The van der Waals surface area contributed by atoms with Gasteiger partial charge in [0, 0.05) is 28.1 Å². The summed E-state index contributed by atoms with van der Waals surface area (Å²) in [5.41, 5.74) is 0.0812. The molecule has 0 aliphatic carbocycles. The lowest BCUT2D eigenvalue weighted by Gasteiger charge is -2.26. The van der Waals surface area contributed by atoms with E-state index < -0.39 is 40.3 Å². The molecule has 4 aromatic rings. The smallest absolute Gasteiger partial charge is 0.312 e. The van der Waals surface area contributed by atoms with Crippen molar-refractivity contribution in [2.24, 2.45) is 0 Å². The van der Waals surface area contributed by atoms with Crippen molar-refractivity contribution in [3.05, 3.63) is 74.9 Å². The highest BCUT2D eigenvalue weighted by atomic mass is 35.5. The Kier molecular flexibility index (Phi) is 4.68. The quantitative estimate of drug-likeness (QED) is 0.194. The van der Waals surface area contributed by atoms with E-state index in [0.717, 1.165) is 12.1 Å². The molecule has 8 nitrogen and oxygen atoms in total. The van der Waals surface area contributed by atoms with Gasteiger partial charge in [-0.05, 0) is 35.9 Å². The summed E-state index contributed by atoms with van der Waals surface area (Å²) >= 11 is 6.14. The van der Waals surface area contributed by atoms with Crippen LogP contribution in [0.15, 0.2) is 57.7 Å². The van der Waals surface area contributed by atoms with Crippen LogP contribution in [0.1, 0.15) is 23.5 Å². The second-order valence-electron chi connectivity index (χ2n) is 7.61. The number of benzene rings is 3. The number of hydrogen-bond donors (Lipinski definition) is 4. The Labute approximate surface area is 190 Å². The summed E-state index contributed by atoms with van der Waals surface area (Å²) in [5, 5.41) is 40.6. The highest BCUT2D eigenvalue weighted by Gasteiger charge is 2.34. The lowest BCUT2D eigenvalue weighted by Crippen LogP contribution is -2.22. The Morgan fingerprint density at radius 3 is 2.42 bits per heavy atom. The molecule has 9 heteroatoms. The number of carbonyl (C=O) groups excluding carboxylic acids is 1. The van der Waals surface area contributed by atoms with Crippen LogP contribution >= 0.6 is 11.6 Å². The summed E-state index contributed by atoms with van der Waals surface area (Å²) in [6.45, 7) is 0. The van der Waals surface area contributed by atoms with Crippen molar-refractivity contribution < 1.29 is 34.4 Å². The molecule has 1 aromatic heterocycles. The van der Waals surface area contributed by atoms with Crippen LogP contribution in [0.3, 0.4) is 0 Å². The minimum absolute atomic E-state index is 0.00886. The van der Waals surface area contributed by atoms with Crippen molar-refractivity contribution in [1.82, 2.24) is 0 Å². The molecule has 0 spiro atoms. The third-order valence-corrected chi connectivity index (χ3v) is 5.79. The van der Waals surface area contributed by atoms with Gasteiger partial charge < -0.3 is 29.6 Å². The number of phenols is 3. The van der Waals surface area contributed by atoms with E-state index in [4.69, 9.17) is 20.8 Å². The first-order valence-corrected chi connectivity index (χ1v) is 10.2. The first kappa shape index (κ1) is 20.7. The minimum atomic E-state index is -0.916. The first-order valence-electron chi connectivity index (χ1n) is 9.78. The van der Waals surface area contributed by atoms with E-state index in [-0.39, 0.29) is 34.5 Å². The number of fused-ring (bicyclic) bond motifs is 3. The molecule has 0 radical (unpaired) electrons. The number of ether oxygens (including phenoxy) is 1. The Balaban J connectivity index is 1.86. The van der Waals surface area contributed by atoms with Crippen molar-refractivity contribution in [3.8, 4) is 40.1 Å². The maximum absolute atomic E-state index is 13.0. The third kappa shape index (κ3) is 3.32. The average molecular weight is 467 g/mol. The van der Waals surface area contributed by atoms with Crippen LogP contribution in [0.5, 0.6) is 28.7 Å². The van der Waals surface area contributed by atoms with E-state index in [0.29, 0.717) is 16.1 Å². The molecule has 3 aromatic carbocycles. The summed E-state index contributed by atoms with van der Waals surface area (Å²) in [7, 11) is 0. The van der Waals surface area contributed by atoms with Crippen LogP contribution in [0.4, 0.5) is 0 Å². The number of hydrogen-bond acceptors (Lipinski definition) is 8. The molecule has 1 aliphatic rings. The molecule has 166 valence electrons. The largest absolute Gasteiger partial charge is 0.507 e. The summed E-state index contributed by atoms with van der Waals surface area (Å²) in [4.78, 5) is 25.3. The molecule has 0 bridgehead atoms. The highest BCUT2D eigenvalue weighted by Crippen LogP contribution is 2.47. The standard InChI is InChI=1S/C24H15ClO8/c25-12-3-1-2-10(6-12)13-8-18(29)32-17-9-16(28)20-21(30)22(31)23(33-24(20)19(13)17)11-4-5-14(26)15(27)7-11/h1-7,9,13,26-28,31H,8H2. The Morgan fingerprint density at radius 2 is 1.70 bits per heavy atom. The summed E-state index contributed by atoms with van der Waals surface area (Å²) in [6.07, 6.45) is -0.0763. The SMILES string of the molecule is O=C1CC(c2cccc(Cl)c2)c2c(cc(O)c3c(=O)c(O)c(-c4ccc(O)c(O)c4)oc23)O1. The van der Waals surface area contributed by atoms with Gasteiger partial charge in [-0.15, -0.1) is 0 Å². The van der Waals surface area contributed by atoms with Crippen LogP contribution in [0.25, 0.3) is 22.3 Å². The fraction of sp³-hybridized carbons (Fsp3) is 0.0833. The highest BCUT2D eigenvalue weighted by molar-refractivity contribution is 6.30.